The fourth-order valence-corrected chi connectivity index (χ4v) is 3.02. The number of rotatable bonds is 2. The Balaban J connectivity index is 1.90. The SMILES string of the molecule is Nc1c(Oc2ccccc2O)cc(O)c2c1C(=O)c1ccccc1C2=O. The van der Waals surface area contributed by atoms with Gasteiger partial charge in [-0.15, -0.1) is 0 Å². The first kappa shape index (κ1) is 15.7. The van der Waals surface area contributed by atoms with Gasteiger partial charge in [0.25, 0.3) is 0 Å². The van der Waals surface area contributed by atoms with Crippen LogP contribution in [0.4, 0.5) is 5.69 Å². The number of nitrogen functional groups attached to an aromatic ring is 1. The molecule has 0 heterocycles. The highest BCUT2D eigenvalue weighted by Crippen LogP contribution is 2.43. The fourth-order valence-electron chi connectivity index (χ4n) is 3.02. The molecular formula is C20H13NO5. The number of carbonyl (C=O) groups is 2. The van der Waals surface area contributed by atoms with Gasteiger partial charge in [-0.3, -0.25) is 9.59 Å². The molecule has 0 saturated carbocycles. The second kappa shape index (κ2) is 5.63. The van der Waals surface area contributed by atoms with Crippen molar-refractivity contribution in [2.45, 2.75) is 0 Å². The molecule has 26 heavy (non-hydrogen) atoms. The van der Waals surface area contributed by atoms with Crippen LogP contribution in [0.1, 0.15) is 31.8 Å². The molecule has 3 aromatic carbocycles. The van der Waals surface area contributed by atoms with E-state index in [1.165, 1.54) is 30.3 Å². The van der Waals surface area contributed by atoms with Gasteiger partial charge >= 0.3 is 0 Å². The van der Waals surface area contributed by atoms with Crippen LogP contribution in [0.5, 0.6) is 23.0 Å². The first-order valence-electron chi connectivity index (χ1n) is 7.78. The highest BCUT2D eigenvalue weighted by Gasteiger charge is 2.35. The van der Waals surface area contributed by atoms with Crippen LogP contribution in [0.25, 0.3) is 0 Å². The minimum atomic E-state index is -0.478. The normalized spacial score (nSPS) is 12.5. The van der Waals surface area contributed by atoms with Crippen molar-refractivity contribution in [3.05, 3.63) is 76.9 Å². The van der Waals surface area contributed by atoms with E-state index in [9.17, 15) is 19.8 Å². The highest BCUT2D eigenvalue weighted by molar-refractivity contribution is 6.31. The number of carbonyl (C=O) groups excluding carboxylic acids is 2. The second-order valence-corrected chi connectivity index (χ2v) is 5.83. The number of fused-ring (bicyclic) bond motifs is 2. The minimum absolute atomic E-state index is 0.0247. The molecule has 0 aromatic heterocycles. The van der Waals surface area contributed by atoms with Gasteiger partial charge in [-0.25, -0.2) is 0 Å². The molecule has 0 fully saturated rings. The van der Waals surface area contributed by atoms with Crippen LogP contribution in [0.15, 0.2) is 54.6 Å². The Labute approximate surface area is 148 Å². The Morgan fingerprint density at radius 1 is 0.731 bits per heavy atom. The zero-order valence-electron chi connectivity index (χ0n) is 13.4. The van der Waals surface area contributed by atoms with E-state index in [2.05, 4.69) is 0 Å². The molecule has 6 nitrogen and oxygen atoms in total. The maximum Gasteiger partial charge on any atom is 0.198 e. The number of hydrogen-bond acceptors (Lipinski definition) is 6. The lowest BCUT2D eigenvalue weighted by atomic mass is 9.82. The van der Waals surface area contributed by atoms with Gasteiger partial charge in [0, 0.05) is 17.2 Å². The standard InChI is InChI=1S/C20H13NO5/c21-18-15(26-14-8-4-3-7-12(14)22)9-13(23)16-17(18)20(25)11-6-2-1-5-10(11)19(16)24/h1-9,22-23H,21H2. The van der Waals surface area contributed by atoms with E-state index in [4.69, 9.17) is 10.5 Å². The predicted octanol–water partition coefficient (Wildman–Crippen LogP) is 3.25. The van der Waals surface area contributed by atoms with Crippen molar-refractivity contribution in [2.24, 2.45) is 0 Å². The number of benzene rings is 3. The number of para-hydroxylation sites is 2. The third-order valence-corrected chi connectivity index (χ3v) is 4.26. The van der Waals surface area contributed by atoms with E-state index < -0.39 is 17.3 Å². The number of phenols is 2. The van der Waals surface area contributed by atoms with Crippen molar-refractivity contribution in [1.29, 1.82) is 0 Å². The first-order chi connectivity index (χ1) is 12.5. The number of ketones is 2. The molecule has 4 N–H and O–H groups in total. The molecule has 1 aliphatic carbocycles. The van der Waals surface area contributed by atoms with Crippen LogP contribution in [-0.2, 0) is 0 Å². The molecular weight excluding hydrogens is 334 g/mol. The number of nitrogens with two attached hydrogens (primary N) is 1. The molecule has 6 heteroatoms. The molecule has 3 aromatic rings. The Kier molecular flexibility index (Phi) is 3.40. The maximum atomic E-state index is 12.8. The van der Waals surface area contributed by atoms with Crippen LogP contribution >= 0.6 is 0 Å². The number of phenolic OH excluding ortho intramolecular Hbond substituents is 2. The van der Waals surface area contributed by atoms with Crippen molar-refractivity contribution in [3.8, 4) is 23.0 Å². The molecule has 0 unspecified atom stereocenters. The molecule has 4 rings (SSSR count). The molecule has 128 valence electrons. The van der Waals surface area contributed by atoms with E-state index in [0.717, 1.165) is 0 Å². The predicted molar refractivity (Wildman–Crippen MR) is 94.0 cm³/mol. The van der Waals surface area contributed by atoms with Gasteiger partial charge in [0.1, 0.15) is 5.75 Å². The Morgan fingerprint density at radius 3 is 1.96 bits per heavy atom. The van der Waals surface area contributed by atoms with Crippen molar-refractivity contribution in [2.75, 3.05) is 5.73 Å². The average molecular weight is 347 g/mol. The topological polar surface area (TPSA) is 110 Å². The molecule has 0 aliphatic heterocycles. The van der Waals surface area contributed by atoms with Crippen molar-refractivity contribution in [1.82, 2.24) is 0 Å². The van der Waals surface area contributed by atoms with Crippen molar-refractivity contribution < 1.29 is 24.5 Å². The van der Waals surface area contributed by atoms with Crippen LogP contribution in [0.3, 0.4) is 0 Å². The minimum Gasteiger partial charge on any atom is -0.507 e. The third-order valence-electron chi connectivity index (χ3n) is 4.26. The summed E-state index contributed by atoms with van der Waals surface area (Å²) in [5.74, 6) is -1.40. The van der Waals surface area contributed by atoms with E-state index in [0.29, 0.717) is 0 Å². The van der Waals surface area contributed by atoms with Crippen LogP contribution < -0.4 is 10.5 Å². The zero-order valence-corrected chi connectivity index (χ0v) is 13.4. The number of hydrogen-bond donors (Lipinski definition) is 3. The molecule has 0 amide bonds. The summed E-state index contributed by atoms with van der Waals surface area (Å²) in [6.07, 6.45) is 0. The van der Waals surface area contributed by atoms with Gasteiger partial charge in [0.15, 0.2) is 28.8 Å². The van der Waals surface area contributed by atoms with Crippen LogP contribution in [0.2, 0.25) is 0 Å². The molecule has 1 aliphatic rings. The van der Waals surface area contributed by atoms with Gasteiger partial charge in [0.2, 0.25) is 0 Å². The summed E-state index contributed by atoms with van der Waals surface area (Å²) in [5.41, 5.74) is 6.21. The van der Waals surface area contributed by atoms with Gasteiger partial charge in [0.05, 0.1) is 16.8 Å². The second-order valence-electron chi connectivity index (χ2n) is 5.83. The summed E-state index contributed by atoms with van der Waals surface area (Å²) in [6, 6.07) is 13.7. The number of ether oxygens (including phenoxy) is 1. The van der Waals surface area contributed by atoms with E-state index in [1.807, 2.05) is 0 Å². The van der Waals surface area contributed by atoms with Gasteiger partial charge in [-0.1, -0.05) is 36.4 Å². The largest absolute Gasteiger partial charge is 0.507 e. The maximum absolute atomic E-state index is 12.8. The van der Waals surface area contributed by atoms with Crippen LogP contribution in [0, 0.1) is 0 Å². The van der Waals surface area contributed by atoms with E-state index >= 15 is 0 Å². The van der Waals surface area contributed by atoms with E-state index in [1.54, 1.807) is 24.3 Å². The van der Waals surface area contributed by atoms with Gasteiger partial charge < -0.3 is 20.7 Å². The molecule has 0 atom stereocenters. The number of anilines is 1. The van der Waals surface area contributed by atoms with Gasteiger partial charge in [-0.05, 0) is 12.1 Å². The quantitative estimate of drug-likeness (QED) is 0.379. The summed E-state index contributed by atoms with van der Waals surface area (Å²) < 4.78 is 5.56. The lowest BCUT2D eigenvalue weighted by Gasteiger charge is -2.21. The monoisotopic (exact) mass is 347 g/mol. The molecule has 0 spiro atoms. The highest BCUT2D eigenvalue weighted by atomic mass is 16.5. The summed E-state index contributed by atoms with van der Waals surface area (Å²) in [5, 5.41) is 20.2. The first-order valence-corrected chi connectivity index (χ1v) is 7.78. The zero-order chi connectivity index (χ0) is 18.4. The summed E-state index contributed by atoms with van der Waals surface area (Å²) in [6.45, 7) is 0. The summed E-state index contributed by atoms with van der Waals surface area (Å²) >= 11 is 0. The molecule has 0 bridgehead atoms. The number of aromatic hydroxyl groups is 2. The Bertz CT molecular complexity index is 1090. The Morgan fingerprint density at radius 2 is 1.31 bits per heavy atom. The smallest absolute Gasteiger partial charge is 0.198 e. The van der Waals surface area contributed by atoms with Crippen molar-refractivity contribution in [3.63, 3.8) is 0 Å². The molecule has 0 saturated heterocycles. The average Bonchev–Trinajstić information content (AvgIpc) is 2.64. The lowest BCUT2D eigenvalue weighted by Crippen LogP contribution is -2.22. The Hall–Kier alpha value is -3.80. The van der Waals surface area contributed by atoms with Crippen molar-refractivity contribution >= 4 is 17.3 Å². The van der Waals surface area contributed by atoms with Crippen LogP contribution in [-0.4, -0.2) is 21.8 Å². The van der Waals surface area contributed by atoms with E-state index in [-0.39, 0.29) is 45.2 Å². The summed E-state index contributed by atoms with van der Waals surface area (Å²) in [7, 11) is 0. The third kappa shape index (κ3) is 2.20. The fraction of sp³-hybridized carbons (Fsp3) is 0. The summed E-state index contributed by atoms with van der Waals surface area (Å²) in [4.78, 5) is 25.6. The molecule has 0 radical (unpaired) electrons. The van der Waals surface area contributed by atoms with Gasteiger partial charge in [-0.2, -0.15) is 0 Å². The lowest BCUT2D eigenvalue weighted by molar-refractivity contribution is 0.0977.